The van der Waals surface area contributed by atoms with E-state index >= 15 is 0 Å². The Bertz CT molecular complexity index is 992. The van der Waals surface area contributed by atoms with Crippen molar-refractivity contribution in [3.63, 3.8) is 0 Å². The molecular formula is C30H46NO7P. The summed E-state index contributed by atoms with van der Waals surface area (Å²) in [4.78, 5) is 39.2. The van der Waals surface area contributed by atoms with Crippen LogP contribution in [0, 0.1) is 17.8 Å². The minimum absolute atomic E-state index is 0.149. The third-order valence-electron chi connectivity index (χ3n) is 8.07. The molecule has 39 heavy (non-hydrogen) atoms. The molecule has 0 radical (unpaired) electrons. The predicted molar refractivity (Wildman–Crippen MR) is 151 cm³/mol. The first-order chi connectivity index (χ1) is 18.6. The van der Waals surface area contributed by atoms with Gasteiger partial charge < -0.3 is 14.7 Å². The van der Waals surface area contributed by atoms with Gasteiger partial charge in [0.2, 0.25) is 19.6 Å². The van der Waals surface area contributed by atoms with Gasteiger partial charge in [-0.05, 0) is 43.1 Å². The Morgan fingerprint density at radius 2 is 1.74 bits per heavy atom. The van der Waals surface area contributed by atoms with Gasteiger partial charge in [0.25, 0.3) is 0 Å². The molecule has 1 aromatic carbocycles. The van der Waals surface area contributed by atoms with Crippen LogP contribution in [0.15, 0.2) is 30.3 Å². The number of carboxylic acids is 1. The molecule has 4 atom stereocenters. The maximum absolute atomic E-state index is 14.2. The summed E-state index contributed by atoms with van der Waals surface area (Å²) in [5.74, 6) is -1.61. The van der Waals surface area contributed by atoms with E-state index in [1.165, 1.54) is 16.9 Å². The molecular weight excluding hydrogens is 517 g/mol. The number of unbranched alkanes of at least 4 members (excludes halogenated alkanes) is 1. The van der Waals surface area contributed by atoms with Gasteiger partial charge in [-0.2, -0.15) is 0 Å². The van der Waals surface area contributed by atoms with Gasteiger partial charge in [-0.15, -0.1) is 0 Å². The molecule has 1 aliphatic heterocycles. The summed E-state index contributed by atoms with van der Waals surface area (Å²) in [6.45, 7) is 5.68. The van der Waals surface area contributed by atoms with Crippen LogP contribution in [-0.4, -0.2) is 59.1 Å². The highest BCUT2D eigenvalue weighted by atomic mass is 31.2. The topological polar surface area (TPSA) is 110 Å². The Balaban J connectivity index is 1.73. The van der Waals surface area contributed by atoms with Gasteiger partial charge in [0.1, 0.15) is 12.2 Å². The molecule has 1 aromatic rings. The second kappa shape index (κ2) is 15.0. The summed E-state index contributed by atoms with van der Waals surface area (Å²) < 4.78 is 25.7. The minimum Gasteiger partial charge on any atom is -0.480 e. The highest BCUT2D eigenvalue weighted by Crippen LogP contribution is 2.51. The van der Waals surface area contributed by atoms with Crippen LogP contribution < -0.4 is 0 Å². The molecule has 1 saturated carbocycles. The Hall–Kier alpha value is -2.18. The second-order valence-corrected chi connectivity index (χ2v) is 14.1. The molecule has 1 amide bonds. The summed E-state index contributed by atoms with van der Waals surface area (Å²) in [6.07, 6.45) is 7.12. The number of amides is 1. The summed E-state index contributed by atoms with van der Waals surface area (Å²) in [5.41, 5.74) is 1.18. The molecule has 8 nitrogen and oxygen atoms in total. The number of ether oxygens (including phenoxy) is 1. The summed E-state index contributed by atoms with van der Waals surface area (Å²) >= 11 is 0. The summed E-state index contributed by atoms with van der Waals surface area (Å²) in [7, 11) is -3.60. The lowest BCUT2D eigenvalue weighted by atomic mass is 9.79. The van der Waals surface area contributed by atoms with Crippen LogP contribution >= 0.6 is 7.37 Å². The third kappa shape index (κ3) is 9.46. The Morgan fingerprint density at radius 1 is 1.05 bits per heavy atom. The maximum Gasteiger partial charge on any atom is 0.326 e. The zero-order chi connectivity index (χ0) is 28.4. The molecule has 9 heteroatoms. The van der Waals surface area contributed by atoms with Gasteiger partial charge in [0, 0.05) is 25.0 Å². The van der Waals surface area contributed by atoms with Gasteiger partial charge in [-0.3, -0.25) is 18.7 Å². The van der Waals surface area contributed by atoms with E-state index in [1.54, 1.807) is 6.92 Å². The molecule has 2 aliphatic rings. The molecule has 0 aromatic heterocycles. The van der Waals surface area contributed by atoms with E-state index in [1.807, 2.05) is 44.2 Å². The predicted octanol–water partition coefficient (Wildman–Crippen LogP) is 6.12. The molecule has 0 spiro atoms. The van der Waals surface area contributed by atoms with Crippen LogP contribution in [0.4, 0.5) is 0 Å². The molecule has 1 N–H and O–H groups in total. The Kier molecular flexibility index (Phi) is 12.1. The van der Waals surface area contributed by atoms with Crippen molar-refractivity contribution < 1.29 is 33.3 Å². The average Bonchev–Trinajstić information content (AvgIpc) is 3.38. The highest BCUT2D eigenvalue weighted by molar-refractivity contribution is 7.59. The van der Waals surface area contributed by atoms with E-state index in [2.05, 4.69) is 0 Å². The standard InChI is InChI=1S/C30H46NO7P/c1-4-28(33)37-30(22(2)3)38-39(36,18-12-11-15-23-13-7-5-8-14-23)21-27(32)31-20-25(19-26(31)29(34)35)24-16-9-6-10-17-24/h5,7-8,13-14,22,24-26,30H,4,6,9-12,15-21H2,1-3H3,(H,34,35)/t25?,26-,30?,39?/m0/s1. The quantitative estimate of drug-likeness (QED) is 0.126. The van der Waals surface area contributed by atoms with Gasteiger partial charge in [0.15, 0.2) is 0 Å². The number of benzene rings is 1. The fraction of sp³-hybridized carbons (Fsp3) is 0.700. The number of carbonyl (C=O) groups is 3. The second-order valence-electron chi connectivity index (χ2n) is 11.5. The van der Waals surface area contributed by atoms with Gasteiger partial charge in [-0.1, -0.05) is 83.2 Å². The number of carboxylic acid groups (broad SMARTS) is 1. The lowest BCUT2D eigenvalue weighted by molar-refractivity contribution is -0.169. The van der Waals surface area contributed by atoms with E-state index < -0.39 is 37.5 Å². The molecule has 218 valence electrons. The van der Waals surface area contributed by atoms with Crippen LogP contribution in [-0.2, 0) is 34.6 Å². The van der Waals surface area contributed by atoms with E-state index in [9.17, 15) is 24.1 Å². The number of likely N-dealkylation sites (tertiary alicyclic amines) is 1. The Morgan fingerprint density at radius 3 is 2.36 bits per heavy atom. The van der Waals surface area contributed by atoms with Crippen molar-refractivity contribution in [3.05, 3.63) is 35.9 Å². The van der Waals surface area contributed by atoms with E-state index in [0.717, 1.165) is 38.5 Å². The molecule has 1 aliphatic carbocycles. The van der Waals surface area contributed by atoms with Crippen LogP contribution in [0.5, 0.6) is 0 Å². The number of esters is 1. The van der Waals surface area contributed by atoms with Crippen LogP contribution in [0.1, 0.15) is 84.1 Å². The zero-order valence-corrected chi connectivity index (χ0v) is 24.7. The normalized spacial score (nSPS) is 22.4. The van der Waals surface area contributed by atoms with Crippen molar-refractivity contribution in [2.75, 3.05) is 18.9 Å². The molecule has 3 rings (SSSR count). The lowest BCUT2D eigenvalue weighted by Crippen LogP contribution is -2.42. The van der Waals surface area contributed by atoms with Crippen molar-refractivity contribution in [2.24, 2.45) is 17.8 Å². The summed E-state index contributed by atoms with van der Waals surface area (Å²) in [5, 5.41) is 9.92. The van der Waals surface area contributed by atoms with Crippen molar-refractivity contribution in [1.82, 2.24) is 4.90 Å². The smallest absolute Gasteiger partial charge is 0.326 e. The molecule has 2 fully saturated rings. The average molecular weight is 564 g/mol. The fourth-order valence-electron chi connectivity index (χ4n) is 5.80. The SMILES string of the molecule is CCC(=O)OC(OP(=O)(CCCCc1ccccc1)CC(=O)N1CC(C2CCCCC2)C[C@H]1C(=O)O)C(C)C. The van der Waals surface area contributed by atoms with Crippen LogP contribution in [0.3, 0.4) is 0 Å². The van der Waals surface area contributed by atoms with Gasteiger partial charge >= 0.3 is 11.9 Å². The van der Waals surface area contributed by atoms with Crippen molar-refractivity contribution >= 4 is 25.2 Å². The first-order valence-corrected chi connectivity index (χ1v) is 16.6. The van der Waals surface area contributed by atoms with E-state index in [-0.39, 0.29) is 30.6 Å². The van der Waals surface area contributed by atoms with Gasteiger partial charge in [0.05, 0.1) is 0 Å². The monoisotopic (exact) mass is 563 g/mol. The fourth-order valence-corrected chi connectivity index (χ4v) is 8.10. The molecule has 0 bridgehead atoms. The number of aryl methyl sites for hydroxylation is 1. The highest BCUT2D eigenvalue weighted by Gasteiger charge is 2.44. The van der Waals surface area contributed by atoms with Crippen molar-refractivity contribution in [1.29, 1.82) is 0 Å². The van der Waals surface area contributed by atoms with E-state index in [4.69, 9.17) is 9.26 Å². The van der Waals surface area contributed by atoms with Gasteiger partial charge in [-0.25, -0.2) is 4.79 Å². The number of aliphatic carboxylic acids is 1. The van der Waals surface area contributed by atoms with E-state index in [0.29, 0.717) is 25.3 Å². The lowest BCUT2D eigenvalue weighted by Gasteiger charge is -2.30. The molecule has 1 heterocycles. The number of hydrogen-bond acceptors (Lipinski definition) is 6. The third-order valence-corrected chi connectivity index (χ3v) is 10.4. The van der Waals surface area contributed by atoms with Crippen molar-refractivity contribution in [2.45, 2.75) is 97.3 Å². The largest absolute Gasteiger partial charge is 0.480 e. The Labute approximate surface area is 233 Å². The maximum atomic E-state index is 14.2. The molecule has 3 unspecified atom stereocenters. The number of rotatable bonds is 14. The van der Waals surface area contributed by atoms with Crippen LogP contribution in [0.25, 0.3) is 0 Å². The number of hydrogen-bond donors (Lipinski definition) is 1. The van der Waals surface area contributed by atoms with Crippen molar-refractivity contribution in [3.8, 4) is 0 Å². The molecule has 1 saturated heterocycles. The summed E-state index contributed by atoms with van der Waals surface area (Å²) in [6, 6.07) is 9.10. The number of carbonyl (C=O) groups excluding carboxylic acids is 2. The first kappa shape index (κ1) is 31.3. The number of nitrogens with zero attached hydrogens (tertiary/aromatic N) is 1. The zero-order valence-electron chi connectivity index (χ0n) is 23.8. The van der Waals surface area contributed by atoms with Crippen LogP contribution in [0.2, 0.25) is 0 Å². The first-order valence-electron chi connectivity index (χ1n) is 14.6. The minimum atomic E-state index is -3.60.